The molecular weight excluding hydrogens is 466 g/mol. The molecule has 0 saturated heterocycles. The van der Waals surface area contributed by atoms with Gasteiger partial charge in [0.1, 0.15) is 11.6 Å². The summed E-state index contributed by atoms with van der Waals surface area (Å²) >= 11 is 5.75. The minimum absolute atomic E-state index is 0.0754. The Labute approximate surface area is 187 Å². The van der Waals surface area contributed by atoms with E-state index in [0.717, 1.165) is 12.1 Å². The highest BCUT2D eigenvalue weighted by Gasteiger charge is 2.25. The standard InChI is InChI=1S/C20H19ClF2N4O4S/c1-11(16-10-25-19(28)15-8-12(22)2-4-14(15)16)27(6-7-32(24,30)31)20(29)26-13-3-5-18(23)17(21)9-13/h2-5,8-11H,6-7H2,1H3,(H,25,28)(H,26,29)(H2,24,30,31)/t11-/m0/s1. The number of aromatic amines is 1. The monoisotopic (exact) mass is 484 g/mol. The van der Waals surface area contributed by atoms with Crippen LogP contribution in [0.3, 0.4) is 0 Å². The lowest BCUT2D eigenvalue weighted by molar-refractivity contribution is 0.197. The van der Waals surface area contributed by atoms with Gasteiger partial charge < -0.3 is 15.2 Å². The third-order valence-electron chi connectivity index (χ3n) is 4.86. The van der Waals surface area contributed by atoms with Crippen molar-refractivity contribution < 1.29 is 22.0 Å². The van der Waals surface area contributed by atoms with Gasteiger partial charge in [0.15, 0.2) is 0 Å². The molecule has 0 saturated carbocycles. The molecule has 0 unspecified atom stereocenters. The molecule has 0 radical (unpaired) electrons. The lowest BCUT2D eigenvalue weighted by Crippen LogP contribution is -2.41. The van der Waals surface area contributed by atoms with E-state index in [0.29, 0.717) is 10.9 Å². The fourth-order valence-corrected chi connectivity index (χ4v) is 3.87. The number of benzene rings is 2. The fourth-order valence-electron chi connectivity index (χ4n) is 3.23. The highest BCUT2D eigenvalue weighted by atomic mass is 35.5. The number of pyridine rings is 1. The van der Waals surface area contributed by atoms with Crippen LogP contribution in [0.1, 0.15) is 18.5 Å². The second kappa shape index (κ2) is 9.23. The number of H-pyrrole nitrogens is 1. The number of anilines is 1. The Kier molecular flexibility index (Phi) is 6.82. The van der Waals surface area contributed by atoms with Crippen molar-refractivity contribution in [3.05, 3.63) is 75.2 Å². The summed E-state index contributed by atoms with van der Waals surface area (Å²) in [7, 11) is -3.91. The molecule has 0 fully saturated rings. The van der Waals surface area contributed by atoms with Gasteiger partial charge in [0.05, 0.1) is 22.2 Å². The van der Waals surface area contributed by atoms with Crippen LogP contribution in [0.2, 0.25) is 5.02 Å². The minimum Gasteiger partial charge on any atom is -0.328 e. The average Bonchev–Trinajstić information content (AvgIpc) is 2.70. The van der Waals surface area contributed by atoms with Crippen LogP contribution in [0, 0.1) is 11.6 Å². The maximum Gasteiger partial charge on any atom is 0.322 e. The van der Waals surface area contributed by atoms with E-state index < -0.39 is 45.0 Å². The number of hydrogen-bond acceptors (Lipinski definition) is 4. The van der Waals surface area contributed by atoms with E-state index in [1.54, 1.807) is 6.92 Å². The number of aromatic nitrogens is 1. The Morgan fingerprint density at radius 2 is 1.94 bits per heavy atom. The number of nitrogens with two attached hydrogens (primary N) is 1. The fraction of sp³-hybridized carbons (Fsp3) is 0.200. The number of carbonyl (C=O) groups is 1. The van der Waals surface area contributed by atoms with Crippen LogP contribution in [0.4, 0.5) is 19.3 Å². The Morgan fingerprint density at radius 1 is 1.22 bits per heavy atom. The molecule has 0 aliphatic carbocycles. The molecule has 1 heterocycles. The molecule has 12 heteroatoms. The summed E-state index contributed by atoms with van der Waals surface area (Å²) in [6.45, 7) is 1.32. The summed E-state index contributed by atoms with van der Waals surface area (Å²) in [4.78, 5) is 28.8. The molecule has 0 aliphatic rings. The quantitative estimate of drug-likeness (QED) is 0.496. The van der Waals surface area contributed by atoms with Gasteiger partial charge in [-0.25, -0.2) is 27.1 Å². The predicted molar refractivity (Wildman–Crippen MR) is 118 cm³/mol. The van der Waals surface area contributed by atoms with Gasteiger partial charge >= 0.3 is 6.03 Å². The first-order chi connectivity index (χ1) is 15.0. The number of urea groups is 1. The van der Waals surface area contributed by atoms with Crippen molar-refractivity contribution in [1.29, 1.82) is 0 Å². The first kappa shape index (κ1) is 23.6. The molecular formula is C20H19ClF2N4O4S. The van der Waals surface area contributed by atoms with Gasteiger partial charge in [0.2, 0.25) is 10.0 Å². The number of fused-ring (bicyclic) bond motifs is 1. The number of sulfonamides is 1. The third-order valence-corrected chi connectivity index (χ3v) is 5.90. The van der Waals surface area contributed by atoms with Crippen LogP contribution < -0.4 is 16.0 Å². The molecule has 3 rings (SSSR count). The lowest BCUT2D eigenvalue weighted by Gasteiger charge is -2.30. The molecule has 3 aromatic rings. The molecule has 1 atom stereocenters. The smallest absolute Gasteiger partial charge is 0.322 e. The number of amides is 2. The molecule has 2 aromatic carbocycles. The highest BCUT2D eigenvalue weighted by Crippen LogP contribution is 2.28. The summed E-state index contributed by atoms with van der Waals surface area (Å²) in [6, 6.07) is 5.73. The van der Waals surface area contributed by atoms with Crippen molar-refractivity contribution in [3.63, 3.8) is 0 Å². The summed E-state index contributed by atoms with van der Waals surface area (Å²) in [5.41, 5.74) is 0.112. The number of primary sulfonamides is 1. The van der Waals surface area contributed by atoms with Crippen LogP contribution in [0.5, 0.6) is 0 Å². The minimum atomic E-state index is -3.91. The number of hydrogen-bond donors (Lipinski definition) is 3. The number of carbonyl (C=O) groups excluding carboxylic acids is 1. The van der Waals surface area contributed by atoms with Gasteiger partial charge in [-0.2, -0.15) is 0 Å². The second-order valence-electron chi connectivity index (χ2n) is 7.06. The SMILES string of the molecule is C[C@@H](c1c[nH]c(=O)c2cc(F)ccc12)N(CCS(N)(=O)=O)C(=O)Nc1ccc(F)c(Cl)c1. The van der Waals surface area contributed by atoms with E-state index in [-0.39, 0.29) is 22.6 Å². The van der Waals surface area contributed by atoms with Crippen molar-refractivity contribution >= 4 is 44.1 Å². The van der Waals surface area contributed by atoms with Gasteiger partial charge in [0, 0.05) is 18.4 Å². The molecule has 0 bridgehead atoms. The molecule has 8 nitrogen and oxygen atoms in total. The predicted octanol–water partition coefficient (Wildman–Crippen LogP) is 3.34. The van der Waals surface area contributed by atoms with Gasteiger partial charge in [-0.05, 0) is 48.2 Å². The van der Waals surface area contributed by atoms with Crippen molar-refractivity contribution in [2.75, 3.05) is 17.6 Å². The molecule has 0 aliphatic heterocycles. The van der Waals surface area contributed by atoms with Gasteiger partial charge in [-0.15, -0.1) is 0 Å². The number of rotatable bonds is 6. The van der Waals surface area contributed by atoms with Gasteiger partial charge in [-0.3, -0.25) is 4.79 Å². The van der Waals surface area contributed by atoms with E-state index in [2.05, 4.69) is 10.3 Å². The van der Waals surface area contributed by atoms with E-state index in [4.69, 9.17) is 16.7 Å². The molecule has 170 valence electrons. The Morgan fingerprint density at radius 3 is 2.59 bits per heavy atom. The topological polar surface area (TPSA) is 125 Å². The van der Waals surface area contributed by atoms with Crippen molar-refractivity contribution in [3.8, 4) is 0 Å². The van der Waals surface area contributed by atoms with E-state index in [1.807, 2.05) is 0 Å². The Balaban J connectivity index is 2.00. The summed E-state index contributed by atoms with van der Waals surface area (Å²) in [6.07, 6.45) is 1.37. The highest BCUT2D eigenvalue weighted by molar-refractivity contribution is 7.89. The van der Waals surface area contributed by atoms with Crippen LogP contribution in [0.15, 0.2) is 47.4 Å². The average molecular weight is 485 g/mol. The number of nitrogens with zero attached hydrogens (tertiary/aromatic N) is 1. The molecule has 0 spiro atoms. The number of nitrogens with one attached hydrogen (secondary N) is 2. The van der Waals surface area contributed by atoms with Gasteiger partial charge in [0.25, 0.3) is 5.56 Å². The second-order valence-corrected chi connectivity index (χ2v) is 9.20. The largest absolute Gasteiger partial charge is 0.328 e. The van der Waals surface area contributed by atoms with Crippen LogP contribution in [0.25, 0.3) is 10.8 Å². The summed E-state index contributed by atoms with van der Waals surface area (Å²) in [5, 5.41) is 7.90. The first-order valence-corrected chi connectivity index (χ1v) is 11.4. The number of halogens is 3. The summed E-state index contributed by atoms with van der Waals surface area (Å²) in [5.74, 6) is -1.81. The zero-order valence-electron chi connectivity index (χ0n) is 16.7. The van der Waals surface area contributed by atoms with Crippen molar-refractivity contribution in [2.24, 2.45) is 5.14 Å². The van der Waals surface area contributed by atoms with E-state index in [1.165, 1.54) is 35.4 Å². The van der Waals surface area contributed by atoms with Crippen LogP contribution in [-0.4, -0.2) is 36.6 Å². The third kappa shape index (κ3) is 5.42. The maximum atomic E-state index is 13.6. The van der Waals surface area contributed by atoms with E-state index >= 15 is 0 Å². The molecule has 1 aromatic heterocycles. The van der Waals surface area contributed by atoms with Crippen molar-refractivity contribution in [2.45, 2.75) is 13.0 Å². The first-order valence-electron chi connectivity index (χ1n) is 9.30. The zero-order chi connectivity index (χ0) is 23.6. The lowest BCUT2D eigenvalue weighted by atomic mass is 10.0. The van der Waals surface area contributed by atoms with Crippen LogP contribution in [-0.2, 0) is 10.0 Å². The maximum absolute atomic E-state index is 13.6. The molecule has 32 heavy (non-hydrogen) atoms. The Bertz CT molecular complexity index is 1350. The van der Waals surface area contributed by atoms with Gasteiger partial charge in [-0.1, -0.05) is 17.7 Å². The molecule has 2 amide bonds. The summed E-state index contributed by atoms with van der Waals surface area (Å²) < 4.78 is 50.1. The van der Waals surface area contributed by atoms with Crippen molar-refractivity contribution in [1.82, 2.24) is 9.88 Å². The van der Waals surface area contributed by atoms with Crippen LogP contribution >= 0.6 is 11.6 Å². The Hall–Kier alpha value is -3.02. The normalized spacial score (nSPS) is 12.5. The van der Waals surface area contributed by atoms with E-state index in [9.17, 15) is 26.8 Å². The zero-order valence-corrected chi connectivity index (χ0v) is 18.3. The molecule has 4 N–H and O–H groups in total.